The molecule has 0 aliphatic carbocycles. The lowest BCUT2D eigenvalue weighted by Gasteiger charge is -2.17. The van der Waals surface area contributed by atoms with Gasteiger partial charge in [-0.25, -0.2) is 0 Å². The fraction of sp³-hybridized carbons (Fsp3) is 1.00. The first-order chi connectivity index (χ1) is 3.70. The molecule has 0 aromatic heterocycles. The molecule has 0 N–H and O–H groups in total. The van der Waals surface area contributed by atoms with Crippen molar-refractivity contribution >= 4 is 0 Å². The van der Waals surface area contributed by atoms with Crippen molar-refractivity contribution in [2.75, 3.05) is 6.61 Å². The van der Waals surface area contributed by atoms with Crippen molar-refractivity contribution < 1.29 is 9.47 Å². The van der Waals surface area contributed by atoms with Crippen LogP contribution in [0.25, 0.3) is 0 Å². The molecule has 2 atom stereocenters. The van der Waals surface area contributed by atoms with Crippen molar-refractivity contribution in [2.45, 2.75) is 31.7 Å². The zero-order valence-electron chi connectivity index (χ0n) is 5.18. The molecular formula is C6H10O2. The first-order valence-corrected chi connectivity index (χ1v) is 2.99. The molecule has 2 aliphatic rings. The molecule has 2 rings (SSSR count). The molecule has 0 radical (unpaired) electrons. The van der Waals surface area contributed by atoms with Crippen LogP contribution in [0.3, 0.4) is 0 Å². The number of ether oxygens (including phenoxy) is 2. The molecule has 2 heteroatoms. The van der Waals surface area contributed by atoms with E-state index in [1.165, 1.54) is 0 Å². The van der Waals surface area contributed by atoms with Gasteiger partial charge in [-0.3, -0.25) is 0 Å². The third kappa shape index (κ3) is 0.446. The second-order valence-corrected chi connectivity index (χ2v) is 3.01. The Balaban J connectivity index is 2.17. The van der Waals surface area contributed by atoms with Gasteiger partial charge in [0.05, 0.1) is 12.2 Å². The van der Waals surface area contributed by atoms with Crippen molar-refractivity contribution in [3.63, 3.8) is 0 Å². The van der Waals surface area contributed by atoms with Gasteiger partial charge in [-0.05, 0) is 13.8 Å². The Morgan fingerprint density at radius 2 is 2.25 bits per heavy atom. The van der Waals surface area contributed by atoms with Crippen molar-refractivity contribution in [2.24, 2.45) is 0 Å². The van der Waals surface area contributed by atoms with Gasteiger partial charge in [0.15, 0.2) is 0 Å². The minimum Gasteiger partial charge on any atom is -0.370 e. The zero-order chi connectivity index (χ0) is 5.78. The van der Waals surface area contributed by atoms with E-state index in [4.69, 9.17) is 9.47 Å². The topological polar surface area (TPSA) is 21.8 Å². The summed E-state index contributed by atoms with van der Waals surface area (Å²) in [5.41, 5.74) is 0.00463. The van der Waals surface area contributed by atoms with E-state index in [0.29, 0.717) is 12.2 Å². The zero-order valence-corrected chi connectivity index (χ0v) is 5.18. The number of hydrogen-bond donors (Lipinski definition) is 0. The highest BCUT2D eigenvalue weighted by Crippen LogP contribution is 2.41. The lowest BCUT2D eigenvalue weighted by atomic mass is 10.1. The highest BCUT2D eigenvalue weighted by atomic mass is 16.7. The average Bonchev–Trinajstić information content (AvgIpc) is 2.34. The summed E-state index contributed by atoms with van der Waals surface area (Å²) in [7, 11) is 0. The van der Waals surface area contributed by atoms with Gasteiger partial charge in [-0.1, -0.05) is 0 Å². The molecule has 0 aromatic rings. The number of hydrogen-bond acceptors (Lipinski definition) is 2. The van der Waals surface area contributed by atoms with E-state index in [0.717, 1.165) is 6.61 Å². The summed E-state index contributed by atoms with van der Waals surface area (Å²) >= 11 is 0. The van der Waals surface area contributed by atoms with Crippen LogP contribution in [0.15, 0.2) is 0 Å². The molecule has 0 bridgehead atoms. The predicted molar refractivity (Wildman–Crippen MR) is 28.7 cm³/mol. The molecule has 2 aliphatic heterocycles. The third-order valence-corrected chi connectivity index (χ3v) is 1.89. The third-order valence-electron chi connectivity index (χ3n) is 1.89. The quantitative estimate of drug-likeness (QED) is 0.429. The van der Waals surface area contributed by atoms with Crippen LogP contribution in [-0.4, -0.2) is 24.4 Å². The minimum atomic E-state index is 0.00463. The van der Waals surface area contributed by atoms with E-state index < -0.39 is 0 Å². The summed E-state index contributed by atoms with van der Waals surface area (Å²) in [4.78, 5) is 0. The summed E-state index contributed by atoms with van der Waals surface area (Å²) in [6.45, 7) is 4.95. The van der Waals surface area contributed by atoms with Gasteiger partial charge < -0.3 is 9.47 Å². The van der Waals surface area contributed by atoms with Crippen molar-refractivity contribution in [1.82, 2.24) is 0 Å². The molecule has 0 aromatic carbocycles. The Bertz CT molecular complexity index is 120. The standard InChI is InChI=1S/C6H10O2/c1-6(2)5-4(8-5)3-7-6/h4-5H,3H2,1-2H3/t4-,5+/m0/s1. The van der Waals surface area contributed by atoms with Crippen molar-refractivity contribution in [1.29, 1.82) is 0 Å². The Morgan fingerprint density at radius 1 is 1.50 bits per heavy atom. The molecule has 8 heavy (non-hydrogen) atoms. The van der Waals surface area contributed by atoms with Gasteiger partial charge in [0.1, 0.15) is 12.2 Å². The number of epoxide rings is 1. The molecule has 0 unspecified atom stereocenters. The Labute approximate surface area is 48.8 Å². The second kappa shape index (κ2) is 1.09. The van der Waals surface area contributed by atoms with Crippen LogP contribution in [-0.2, 0) is 9.47 Å². The molecular weight excluding hydrogens is 104 g/mol. The van der Waals surface area contributed by atoms with Crippen LogP contribution in [0.5, 0.6) is 0 Å². The average molecular weight is 114 g/mol. The lowest BCUT2D eigenvalue weighted by molar-refractivity contribution is -0.0335. The molecule has 2 heterocycles. The summed E-state index contributed by atoms with van der Waals surface area (Å²) in [6.07, 6.45) is 0.840. The van der Waals surface area contributed by atoms with Crippen molar-refractivity contribution in [3.8, 4) is 0 Å². The number of fused-ring (bicyclic) bond motifs is 1. The maximum absolute atomic E-state index is 5.38. The SMILES string of the molecule is CC1(C)OC[C@@H]2O[C@H]21. The monoisotopic (exact) mass is 114 g/mol. The van der Waals surface area contributed by atoms with Gasteiger partial charge in [-0.15, -0.1) is 0 Å². The largest absolute Gasteiger partial charge is 0.370 e. The fourth-order valence-corrected chi connectivity index (χ4v) is 1.26. The Morgan fingerprint density at radius 3 is 2.38 bits per heavy atom. The molecule has 0 saturated carbocycles. The fourth-order valence-electron chi connectivity index (χ4n) is 1.26. The minimum absolute atomic E-state index is 0.00463. The summed E-state index contributed by atoms with van der Waals surface area (Å²) in [6, 6.07) is 0. The highest BCUT2D eigenvalue weighted by molar-refractivity contribution is 5.02. The second-order valence-electron chi connectivity index (χ2n) is 3.01. The summed E-state index contributed by atoms with van der Waals surface area (Å²) in [5, 5.41) is 0. The summed E-state index contributed by atoms with van der Waals surface area (Å²) < 4.78 is 10.6. The molecule has 2 nitrogen and oxygen atoms in total. The van der Waals surface area contributed by atoms with E-state index in [1.54, 1.807) is 0 Å². The van der Waals surface area contributed by atoms with Crippen LogP contribution in [0.4, 0.5) is 0 Å². The Hall–Kier alpha value is -0.0800. The Kier molecular flexibility index (Phi) is 0.649. The van der Waals surface area contributed by atoms with E-state index in [9.17, 15) is 0 Å². The van der Waals surface area contributed by atoms with E-state index in [2.05, 4.69) is 13.8 Å². The van der Waals surface area contributed by atoms with E-state index in [-0.39, 0.29) is 5.60 Å². The van der Waals surface area contributed by atoms with Gasteiger partial charge >= 0.3 is 0 Å². The smallest absolute Gasteiger partial charge is 0.115 e. The van der Waals surface area contributed by atoms with Crippen LogP contribution in [0.2, 0.25) is 0 Å². The van der Waals surface area contributed by atoms with E-state index >= 15 is 0 Å². The van der Waals surface area contributed by atoms with Crippen molar-refractivity contribution in [3.05, 3.63) is 0 Å². The predicted octanol–water partition coefficient (Wildman–Crippen LogP) is 0.563. The van der Waals surface area contributed by atoms with Crippen LogP contribution in [0.1, 0.15) is 13.8 Å². The van der Waals surface area contributed by atoms with Gasteiger partial charge in [0.25, 0.3) is 0 Å². The van der Waals surface area contributed by atoms with Crippen LogP contribution >= 0.6 is 0 Å². The molecule has 46 valence electrons. The normalized spacial score (nSPS) is 48.8. The van der Waals surface area contributed by atoms with Crippen LogP contribution < -0.4 is 0 Å². The molecule has 2 fully saturated rings. The molecule has 0 amide bonds. The number of rotatable bonds is 0. The van der Waals surface area contributed by atoms with E-state index in [1.807, 2.05) is 0 Å². The highest BCUT2D eigenvalue weighted by Gasteiger charge is 2.56. The molecule has 0 spiro atoms. The van der Waals surface area contributed by atoms with Gasteiger partial charge in [0, 0.05) is 0 Å². The maximum Gasteiger partial charge on any atom is 0.115 e. The molecule has 2 saturated heterocycles. The summed E-state index contributed by atoms with van der Waals surface area (Å²) in [5.74, 6) is 0. The first-order valence-electron chi connectivity index (χ1n) is 2.99. The van der Waals surface area contributed by atoms with Gasteiger partial charge in [0.2, 0.25) is 0 Å². The van der Waals surface area contributed by atoms with Crippen LogP contribution in [0, 0.1) is 0 Å². The van der Waals surface area contributed by atoms with Gasteiger partial charge in [-0.2, -0.15) is 0 Å². The lowest BCUT2D eigenvalue weighted by Crippen LogP contribution is -2.26. The maximum atomic E-state index is 5.38. The first kappa shape index (κ1) is 4.77.